The van der Waals surface area contributed by atoms with E-state index in [1.54, 1.807) is 37.9 Å². The number of hydrogen-bond acceptors (Lipinski definition) is 4. The van der Waals surface area contributed by atoms with E-state index in [9.17, 15) is 4.79 Å². The van der Waals surface area contributed by atoms with Gasteiger partial charge in [0.25, 0.3) is 0 Å². The van der Waals surface area contributed by atoms with E-state index in [0.717, 1.165) is 4.90 Å². The average molecular weight is 237 g/mol. The normalized spacial score (nSPS) is 11.3. The van der Waals surface area contributed by atoms with Gasteiger partial charge in [0.1, 0.15) is 0 Å². The molecule has 0 amide bonds. The van der Waals surface area contributed by atoms with Crippen LogP contribution in [0.3, 0.4) is 0 Å². The van der Waals surface area contributed by atoms with Gasteiger partial charge in [-0.05, 0) is 32.2 Å². The zero-order valence-electron chi connectivity index (χ0n) is 9.69. The fourth-order valence-corrected chi connectivity index (χ4v) is 1.60. The zero-order valence-corrected chi connectivity index (χ0v) is 10.5. The van der Waals surface area contributed by atoms with Gasteiger partial charge in [0, 0.05) is 11.1 Å². The van der Waals surface area contributed by atoms with Gasteiger partial charge in [0.05, 0.1) is 17.9 Å². The Morgan fingerprint density at radius 2 is 2.31 bits per heavy atom. The molecule has 0 saturated carbocycles. The van der Waals surface area contributed by atoms with Gasteiger partial charge >= 0.3 is 5.97 Å². The lowest BCUT2D eigenvalue weighted by atomic mass is 10.1. The van der Waals surface area contributed by atoms with Gasteiger partial charge in [-0.3, -0.25) is 4.98 Å². The summed E-state index contributed by atoms with van der Waals surface area (Å²) in [6.45, 7) is 3.96. The number of allylic oxidation sites excluding steroid dienone is 1. The van der Waals surface area contributed by atoms with E-state index in [4.69, 9.17) is 4.74 Å². The summed E-state index contributed by atoms with van der Waals surface area (Å²) in [7, 11) is 0. The first-order valence-electron chi connectivity index (χ1n) is 5.06. The number of rotatable bonds is 4. The molecule has 0 aliphatic carbocycles. The molecule has 0 aliphatic heterocycles. The minimum atomic E-state index is -0.325. The first-order chi connectivity index (χ1) is 7.72. The second-order valence-electron chi connectivity index (χ2n) is 3.01. The Hall–Kier alpha value is -1.29. The largest absolute Gasteiger partial charge is 0.462 e. The van der Waals surface area contributed by atoms with E-state index >= 15 is 0 Å². The molecule has 1 heterocycles. The maximum atomic E-state index is 11.6. The molecule has 0 atom stereocenters. The smallest absolute Gasteiger partial charge is 0.339 e. The number of ether oxygens (including phenoxy) is 1. The van der Waals surface area contributed by atoms with Crippen LogP contribution in [0.1, 0.15) is 19.5 Å². The molecule has 0 radical (unpaired) electrons. The van der Waals surface area contributed by atoms with Crippen molar-refractivity contribution in [3.63, 3.8) is 0 Å². The number of pyridine rings is 1. The predicted octanol–water partition coefficient (Wildman–Crippen LogP) is 2.77. The van der Waals surface area contributed by atoms with Gasteiger partial charge in [0.2, 0.25) is 0 Å². The highest BCUT2D eigenvalue weighted by atomic mass is 32.2. The van der Waals surface area contributed by atoms with Crippen molar-refractivity contribution in [2.24, 2.45) is 0 Å². The molecule has 0 unspecified atom stereocenters. The monoisotopic (exact) mass is 237 g/mol. The van der Waals surface area contributed by atoms with E-state index in [1.165, 1.54) is 0 Å². The van der Waals surface area contributed by atoms with Crippen LogP contribution in [0.15, 0.2) is 29.3 Å². The van der Waals surface area contributed by atoms with E-state index in [-0.39, 0.29) is 5.97 Å². The molecule has 4 heteroatoms. The molecule has 1 aromatic rings. The van der Waals surface area contributed by atoms with Gasteiger partial charge in [-0.1, -0.05) is 6.08 Å². The molecule has 16 heavy (non-hydrogen) atoms. The number of carbonyl (C=O) groups excluding carboxylic acids is 1. The third-order valence-corrected chi connectivity index (χ3v) is 2.74. The third kappa shape index (κ3) is 3.10. The maximum Gasteiger partial charge on any atom is 0.339 e. The Bertz CT molecular complexity index is 385. The van der Waals surface area contributed by atoms with E-state index in [1.807, 2.05) is 18.4 Å². The van der Waals surface area contributed by atoms with Gasteiger partial charge < -0.3 is 4.74 Å². The molecule has 86 valence electrons. The molecular weight excluding hydrogens is 222 g/mol. The summed E-state index contributed by atoms with van der Waals surface area (Å²) < 4.78 is 4.95. The van der Waals surface area contributed by atoms with Crippen LogP contribution in [0.25, 0.3) is 5.57 Å². The fraction of sp³-hybridized carbons (Fsp3) is 0.333. The molecule has 1 aromatic heterocycles. The van der Waals surface area contributed by atoms with Crippen molar-refractivity contribution in [3.05, 3.63) is 30.1 Å². The van der Waals surface area contributed by atoms with Crippen molar-refractivity contribution in [1.82, 2.24) is 4.98 Å². The second kappa shape index (κ2) is 6.33. The van der Waals surface area contributed by atoms with Crippen LogP contribution in [0.5, 0.6) is 0 Å². The van der Waals surface area contributed by atoms with Crippen molar-refractivity contribution < 1.29 is 9.53 Å². The van der Waals surface area contributed by atoms with Crippen molar-refractivity contribution in [3.8, 4) is 0 Å². The van der Waals surface area contributed by atoms with Crippen LogP contribution in [-0.2, 0) is 9.53 Å². The van der Waals surface area contributed by atoms with Gasteiger partial charge in [-0.25, -0.2) is 4.79 Å². The fourth-order valence-electron chi connectivity index (χ4n) is 1.24. The Kier molecular flexibility index (Phi) is 5.05. The molecule has 0 saturated heterocycles. The predicted molar refractivity (Wildman–Crippen MR) is 66.3 cm³/mol. The van der Waals surface area contributed by atoms with Crippen LogP contribution in [-0.4, -0.2) is 23.8 Å². The van der Waals surface area contributed by atoms with E-state index < -0.39 is 0 Å². The molecule has 0 bridgehead atoms. The lowest BCUT2D eigenvalue weighted by Gasteiger charge is -2.06. The van der Waals surface area contributed by atoms with Crippen molar-refractivity contribution >= 4 is 23.3 Å². The summed E-state index contributed by atoms with van der Waals surface area (Å²) in [4.78, 5) is 16.9. The average Bonchev–Trinajstić information content (AvgIpc) is 2.31. The highest BCUT2D eigenvalue weighted by Gasteiger charge is 2.12. The number of aromatic nitrogens is 1. The van der Waals surface area contributed by atoms with E-state index in [2.05, 4.69) is 4.98 Å². The SMILES string of the molecule is C/C=C(/C(=O)OCC)c1ccc(SC)cn1. The molecule has 0 N–H and O–H groups in total. The summed E-state index contributed by atoms with van der Waals surface area (Å²) >= 11 is 1.62. The lowest BCUT2D eigenvalue weighted by Crippen LogP contribution is -2.07. The topological polar surface area (TPSA) is 39.2 Å². The van der Waals surface area contributed by atoms with E-state index in [0.29, 0.717) is 17.9 Å². The minimum Gasteiger partial charge on any atom is -0.462 e. The molecular formula is C12H15NO2S. The summed E-state index contributed by atoms with van der Waals surface area (Å²) in [5.74, 6) is -0.325. The van der Waals surface area contributed by atoms with Crippen LogP contribution in [0, 0.1) is 0 Å². The lowest BCUT2D eigenvalue weighted by molar-refractivity contribution is -0.136. The molecule has 0 aromatic carbocycles. The number of carbonyl (C=O) groups is 1. The van der Waals surface area contributed by atoms with Crippen LogP contribution < -0.4 is 0 Å². The maximum absolute atomic E-state index is 11.6. The molecule has 0 spiro atoms. The third-order valence-electron chi connectivity index (χ3n) is 2.03. The van der Waals surface area contributed by atoms with Gasteiger partial charge in [-0.15, -0.1) is 11.8 Å². The number of nitrogens with zero attached hydrogens (tertiary/aromatic N) is 1. The molecule has 1 rings (SSSR count). The number of thioether (sulfide) groups is 1. The molecule has 0 aliphatic rings. The Balaban J connectivity index is 2.92. The van der Waals surface area contributed by atoms with Gasteiger partial charge in [0.15, 0.2) is 0 Å². The van der Waals surface area contributed by atoms with Crippen molar-refractivity contribution in [1.29, 1.82) is 0 Å². The standard InChI is InChI=1S/C12H15NO2S/c1-4-10(12(14)15-5-2)11-7-6-9(16-3)8-13-11/h4,6-8H,5H2,1-3H3/b10-4+. The molecule has 0 fully saturated rings. The number of hydrogen-bond donors (Lipinski definition) is 0. The van der Waals surface area contributed by atoms with Crippen LogP contribution in [0.2, 0.25) is 0 Å². The Morgan fingerprint density at radius 3 is 2.75 bits per heavy atom. The summed E-state index contributed by atoms with van der Waals surface area (Å²) in [5, 5.41) is 0. The quantitative estimate of drug-likeness (QED) is 0.458. The van der Waals surface area contributed by atoms with Crippen molar-refractivity contribution in [2.75, 3.05) is 12.9 Å². The summed E-state index contributed by atoms with van der Waals surface area (Å²) in [6.07, 6.45) is 5.46. The highest BCUT2D eigenvalue weighted by molar-refractivity contribution is 7.98. The first kappa shape index (κ1) is 12.8. The Morgan fingerprint density at radius 1 is 1.56 bits per heavy atom. The summed E-state index contributed by atoms with van der Waals surface area (Å²) in [6, 6.07) is 3.77. The van der Waals surface area contributed by atoms with Crippen molar-refractivity contribution in [2.45, 2.75) is 18.7 Å². The minimum absolute atomic E-state index is 0.325. The van der Waals surface area contributed by atoms with Crippen LogP contribution in [0.4, 0.5) is 0 Å². The number of esters is 1. The Labute approximate surface area is 99.9 Å². The summed E-state index contributed by atoms with van der Waals surface area (Å²) in [5.41, 5.74) is 1.16. The molecule has 3 nitrogen and oxygen atoms in total. The van der Waals surface area contributed by atoms with Crippen LogP contribution >= 0.6 is 11.8 Å². The second-order valence-corrected chi connectivity index (χ2v) is 3.89. The first-order valence-corrected chi connectivity index (χ1v) is 6.29. The highest BCUT2D eigenvalue weighted by Crippen LogP contribution is 2.18. The van der Waals surface area contributed by atoms with Gasteiger partial charge in [-0.2, -0.15) is 0 Å². The zero-order chi connectivity index (χ0) is 12.0.